The maximum absolute atomic E-state index is 13.0. The summed E-state index contributed by atoms with van der Waals surface area (Å²) in [6, 6.07) is 9.01. The SMILES string of the molecule is Cc1onc(-c2ccccc2Cl)c1C(=O)O[C@@H]1CCCN(Cc2ncccn2)C1. The van der Waals surface area contributed by atoms with Crippen LogP contribution in [0.4, 0.5) is 0 Å². The van der Waals surface area contributed by atoms with Crippen molar-refractivity contribution in [1.82, 2.24) is 20.0 Å². The van der Waals surface area contributed by atoms with Crippen LogP contribution in [-0.4, -0.2) is 45.2 Å². The number of rotatable bonds is 5. The number of carbonyl (C=O) groups is 1. The van der Waals surface area contributed by atoms with E-state index >= 15 is 0 Å². The lowest BCUT2D eigenvalue weighted by Gasteiger charge is -2.31. The molecule has 4 rings (SSSR count). The molecule has 150 valence electrons. The van der Waals surface area contributed by atoms with E-state index < -0.39 is 5.97 Å². The van der Waals surface area contributed by atoms with Crippen LogP contribution in [0.3, 0.4) is 0 Å². The van der Waals surface area contributed by atoms with E-state index in [0.29, 0.717) is 40.7 Å². The Labute approximate surface area is 173 Å². The van der Waals surface area contributed by atoms with E-state index in [2.05, 4.69) is 20.0 Å². The quantitative estimate of drug-likeness (QED) is 0.587. The van der Waals surface area contributed by atoms with Gasteiger partial charge in [0.15, 0.2) is 0 Å². The van der Waals surface area contributed by atoms with Crippen molar-refractivity contribution in [2.75, 3.05) is 13.1 Å². The molecule has 1 fully saturated rings. The number of ether oxygens (including phenoxy) is 1. The van der Waals surface area contributed by atoms with Gasteiger partial charge in [0.25, 0.3) is 0 Å². The molecule has 0 amide bonds. The second-order valence-corrected chi connectivity index (χ2v) is 7.42. The number of likely N-dealkylation sites (tertiary alicyclic amines) is 1. The van der Waals surface area contributed by atoms with Crippen LogP contribution in [0, 0.1) is 6.92 Å². The van der Waals surface area contributed by atoms with Crippen molar-refractivity contribution in [2.45, 2.75) is 32.4 Å². The van der Waals surface area contributed by atoms with Crippen LogP contribution in [0.5, 0.6) is 0 Å². The molecule has 3 heterocycles. The van der Waals surface area contributed by atoms with Gasteiger partial charge in [0, 0.05) is 24.5 Å². The average Bonchev–Trinajstić information content (AvgIpc) is 3.11. The fraction of sp³-hybridized carbons (Fsp3) is 0.333. The van der Waals surface area contributed by atoms with Crippen LogP contribution >= 0.6 is 11.6 Å². The zero-order chi connectivity index (χ0) is 20.2. The highest BCUT2D eigenvalue weighted by Gasteiger charge is 2.29. The van der Waals surface area contributed by atoms with Crippen LogP contribution in [0.15, 0.2) is 47.2 Å². The number of esters is 1. The number of piperidine rings is 1. The van der Waals surface area contributed by atoms with Crippen LogP contribution in [0.2, 0.25) is 5.02 Å². The first-order chi connectivity index (χ1) is 14.1. The normalized spacial score (nSPS) is 17.2. The van der Waals surface area contributed by atoms with Crippen LogP contribution in [0.1, 0.15) is 34.8 Å². The van der Waals surface area contributed by atoms with Gasteiger partial charge in [-0.25, -0.2) is 14.8 Å². The summed E-state index contributed by atoms with van der Waals surface area (Å²) < 4.78 is 11.1. The molecule has 29 heavy (non-hydrogen) atoms. The monoisotopic (exact) mass is 412 g/mol. The third-order valence-electron chi connectivity index (χ3n) is 4.92. The Morgan fingerprint density at radius 1 is 1.28 bits per heavy atom. The molecule has 8 heteroatoms. The molecule has 1 aliphatic rings. The summed E-state index contributed by atoms with van der Waals surface area (Å²) in [5.41, 5.74) is 1.37. The molecule has 0 aliphatic carbocycles. The smallest absolute Gasteiger partial charge is 0.344 e. The predicted molar refractivity (Wildman–Crippen MR) is 107 cm³/mol. The lowest BCUT2D eigenvalue weighted by atomic mass is 10.1. The van der Waals surface area contributed by atoms with Gasteiger partial charge in [-0.05, 0) is 38.4 Å². The number of hydrogen-bond donors (Lipinski definition) is 0. The van der Waals surface area contributed by atoms with Crippen molar-refractivity contribution in [3.63, 3.8) is 0 Å². The van der Waals surface area contributed by atoms with E-state index in [0.717, 1.165) is 25.2 Å². The summed E-state index contributed by atoms with van der Waals surface area (Å²) in [5, 5.41) is 4.55. The summed E-state index contributed by atoms with van der Waals surface area (Å²) in [6.45, 7) is 3.88. The molecule has 0 bridgehead atoms. The minimum Gasteiger partial charge on any atom is -0.457 e. The van der Waals surface area contributed by atoms with E-state index in [1.807, 2.05) is 12.1 Å². The highest BCUT2D eigenvalue weighted by atomic mass is 35.5. The third kappa shape index (κ3) is 4.46. The van der Waals surface area contributed by atoms with Crippen molar-refractivity contribution in [3.8, 4) is 11.3 Å². The molecule has 0 saturated carbocycles. The van der Waals surface area contributed by atoms with Gasteiger partial charge in [-0.3, -0.25) is 4.90 Å². The Bertz CT molecular complexity index is 993. The number of hydrogen-bond acceptors (Lipinski definition) is 7. The van der Waals surface area contributed by atoms with E-state index in [9.17, 15) is 4.79 Å². The van der Waals surface area contributed by atoms with Crippen molar-refractivity contribution in [1.29, 1.82) is 0 Å². The molecule has 1 atom stereocenters. The summed E-state index contributed by atoms with van der Waals surface area (Å²) >= 11 is 6.28. The maximum atomic E-state index is 13.0. The van der Waals surface area contributed by atoms with Gasteiger partial charge in [-0.1, -0.05) is 35.0 Å². The Balaban J connectivity index is 1.47. The second-order valence-electron chi connectivity index (χ2n) is 7.01. The summed E-state index contributed by atoms with van der Waals surface area (Å²) in [4.78, 5) is 23.7. The van der Waals surface area contributed by atoms with Crippen molar-refractivity contribution in [3.05, 3.63) is 64.9 Å². The lowest BCUT2D eigenvalue weighted by Crippen LogP contribution is -2.40. The number of carbonyl (C=O) groups excluding carboxylic acids is 1. The van der Waals surface area contributed by atoms with Crippen molar-refractivity contribution >= 4 is 17.6 Å². The molecule has 1 saturated heterocycles. The van der Waals surface area contributed by atoms with Gasteiger partial charge in [-0.15, -0.1) is 0 Å². The number of nitrogens with zero attached hydrogens (tertiary/aromatic N) is 4. The fourth-order valence-corrected chi connectivity index (χ4v) is 3.75. The van der Waals surface area contributed by atoms with Gasteiger partial charge < -0.3 is 9.26 Å². The highest BCUT2D eigenvalue weighted by molar-refractivity contribution is 6.33. The molecule has 0 unspecified atom stereocenters. The molecule has 7 nitrogen and oxygen atoms in total. The molecule has 2 aromatic heterocycles. The minimum absolute atomic E-state index is 0.214. The molecule has 3 aromatic rings. The van der Waals surface area contributed by atoms with Crippen molar-refractivity contribution in [2.24, 2.45) is 0 Å². The summed E-state index contributed by atoms with van der Waals surface area (Å²) in [6.07, 6.45) is 4.99. The predicted octanol–water partition coefficient (Wildman–Crippen LogP) is 3.91. The Hall–Kier alpha value is -2.77. The third-order valence-corrected chi connectivity index (χ3v) is 5.25. The zero-order valence-corrected chi connectivity index (χ0v) is 16.8. The standard InChI is InChI=1S/C21H21ClN4O3/c1-14-19(20(25-29-14)16-7-2-3-8-17(16)22)21(27)28-15-6-4-11-26(12-15)13-18-23-9-5-10-24-18/h2-3,5,7-10,15H,4,6,11-13H2,1H3/t15-/m1/s1. The maximum Gasteiger partial charge on any atom is 0.344 e. The first-order valence-corrected chi connectivity index (χ1v) is 9.90. The average molecular weight is 413 g/mol. The number of halogens is 1. The van der Waals surface area contributed by atoms with Crippen LogP contribution in [0.25, 0.3) is 11.3 Å². The highest BCUT2D eigenvalue weighted by Crippen LogP contribution is 2.32. The summed E-state index contributed by atoms with van der Waals surface area (Å²) in [5.74, 6) is 0.729. The number of aryl methyl sites for hydroxylation is 1. The largest absolute Gasteiger partial charge is 0.457 e. The first kappa shape index (κ1) is 19.5. The van der Waals surface area contributed by atoms with E-state index in [1.165, 1.54) is 0 Å². The first-order valence-electron chi connectivity index (χ1n) is 9.52. The van der Waals surface area contributed by atoms with Crippen LogP contribution < -0.4 is 0 Å². The van der Waals surface area contributed by atoms with E-state index in [-0.39, 0.29) is 6.10 Å². The minimum atomic E-state index is -0.443. The van der Waals surface area contributed by atoms with Crippen molar-refractivity contribution < 1.29 is 14.1 Å². The lowest BCUT2D eigenvalue weighted by molar-refractivity contribution is 0.00515. The molecule has 1 aliphatic heterocycles. The molecular formula is C21H21ClN4O3. The number of aromatic nitrogens is 3. The van der Waals surface area contributed by atoms with Gasteiger partial charge >= 0.3 is 5.97 Å². The van der Waals surface area contributed by atoms with Gasteiger partial charge in [-0.2, -0.15) is 0 Å². The van der Waals surface area contributed by atoms with Gasteiger partial charge in [0.1, 0.15) is 28.9 Å². The molecule has 0 N–H and O–H groups in total. The van der Waals surface area contributed by atoms with Crippen LogP contribution in [-0.2, 0) is 11.3 Å². The summed E-state index contributed by atoms with van der Waals surface area (Å²) in [7, 11) is 0. The molecule has 0 radical (unpaired) electrons. The van der Waals surface area contributed by atoms with E-state index in [1.54, 1.807) is 37.5 Å². The zero-order valence-electron chi connectivity index (χ0n) is 16.0. The Kier molecular flexibility index (Phi) is 5.87. The molecule has 0 spiro atoms. The second kappa shape index (κ2) is 8.71. The molecular weight excluding hydrogens is 392 g/mol. The van der Waals surface area contributed by atoms with Gasteiger partial charge in [0.2, 0.25) is 0 Å². The fourth-order valence-electron chi connectivity index (χ4n) is 3.52. The molecule has 1 aromatic carbocycles. The number of benzene rings is 1. The Morgan fingerprint density at radius 2 is 2.07 bits per heavy atom. The van der Waals surface area contributed by atoms with E-state index in [4.69, 9.17) is 20.9 Å². The Morgan fingerprint density at radius 3 is 2.86 bits per heavy atom. The van der Waals surface area contributed by atoms with Gasteiger partial charge in [0.05, 0.1) is 11.6 Å². The topological polar surface area (TPSA) is 81.4 Å².